The van der Waals surface area contributed by atoms with Crippen LogP contribution in [-0.2, 0) is 4.79 Å². The highest BCUT2D eigenvalue weighted by Crippen LogP contribution is 2.27. The van der Waals surface area contributed by atoms with Crippen LogP contribution < -0.4 is 15.4 Å². The van der Waals surface area contributed by atoms with E-state index >= 15 is 0 Å². The van der Waals surface area contributed by atoms with Crippen LogP contribution in [0.5, 0.6) is 5.75 Å². The van der Waals surface area contributed by atoms with Crippen molar-refractivity contribution in [3.63, 3.8) is 0 Å². The molecule has 1 fully saturated rings. The van der Waals surface area contributed by atoms with E-state index in [0.717, 1.165) is 6.54 Å². The summed E-state index contributed by atoms with van der Waals surface area (Å²) in [4.78, 5) is 12.2. The molecule has 1 aliphatic rings. The Bertz CT molecular complexity index is 496. The quantitative estimate of drug-likeness (QED) is 0.877. The average Bonchev–Trinajstić information content (AvgIpc) is 2.85. The van der Waals surface area contributed by atoms with Crippen LogP contribution in [0.25, 0.3) is 0 Å². The van der Waals surface area contributed by atoms with E-state index in [0.29, 0.717) is 12.1 Å². The number of benzene rings is 1. The van der Waals surface area contributed by atoms with Gasteiger partial charge >= 0.3 is 6.61 Å². The second-order valence-corrected chi connectivity index (χ2v) is 5.39. The first kappa shape index (κ1) is 15.7. The molecule has 1 aliphatic heterocycles. The van der Waals surface area contributed by atoms with Gasteiger partial charge in [0.15, 0.2) is 0 Å². The lowest BCUT2D eigenvalue weighted by Gasteiger charge is -2.21. The van der Waals surface area contributed by atoms with Crippen molar-refractivity contribution in [3.8, 4) is 5.75 Å². The lowest BCUT2D eigenvalue weighted by molar-refractivity contribution is -0.126. The normalized spacial score (nSPS) is 23.1. The number of hydrogen-bond donors (Lipinski definition) is 2. The van der Waals surface area contributed by atoms with E-state index in [1.54, 1.807) is 25.1 Å². The Balaban J connectivity index is 2.06. The van der Waals surface area contributed by atoms with E-state index in [2.05, 4.69) is 15.4 Å². The molecule has 1 aromatic carbocycles. The fraction of sp³-hybridized carbons (Fsp3) is 0.533. The third kappa shape index (κ3) is 3.91. The van der Waals surface area contributed by atoms with Gasteiger partial charge in [0.1, 0.15) is 5.75 Å². The molecule has 116 valence electrons. The number of alkyl halides is 2. The number of carbonyl (C=O) groups excluding carboxylic acids is 1. The Morgan fingerprint density at radius 3 is 2.71 bits per heavy atom. The third-order valence-corrected chi connectivity index (χ3v) is 3.81. The second kappa shape index (κ2) is 6.85. The first-order valence-corrected chi connectivity index (χ1v) is 7.04. The molecule has 0 spiro atoms. The molecular weight excluding hydrogens is 278 g/mol. The SMILES string of the molecule is CC(NC(=O)C1CNCC1C)c1ccccc1OC(F)F. The van der Waals surface area contributed by atoms with E-state index in [1.165, 1.54) is 6.07 Å². The van der Waals surface area contributed by atoms with Crippen LogP contribution in [0.1, 0.15) is 25.5 Å². The Morgan fingerprint density at radius 2 is 2.10 bits per heavy atom. The number of ether oxygens (including phenoxy) is 1. The number of rotatable bonds is 5. The number of hydrogen-bond acceptors (Lipinski definition) is 3. The van der Waals surface area contributed by atoms with Gasteiger partial charge in [-0.3, -0.25) is 4.79 Å². The van der Waals surface area contributed by atoms with Crippen molar-refractivity contribution in [2.45, 2.75) is 26.5 Å². The van der Waals surface area contributed by atoms with Crippen molar-refractivity contribution in [2.24, 2.45) is 11.8 Å². The van der Waals surface area contributed by atoms with E-state index in [4.69, 9.17) is 0 Å². The zero-order valence-corrected chi connectivity index (χ0v) is 12.1. The van der Waals surface area contributed by atoms with Gasteiger partial charge in [0.05, 0.1) is 12.0 Å². The minimum absolute atomic E-state index is 0.0631. The minimum atomic E-state index is -2.88. The molecule has 0 aromatic heterocycles. The smallest absolute Gasteiger partial charge is 0.387 e. The second-order valence-electron chi connectivity index (χ2n) is 5.39. The van der Waals surface area contributed by atoms with Crippen LogP contribution in [0.2, 0.25) is 0 Å². The topological polar surface area (TPSA) is 50.4 Å². The van der Waals surface area contributed by atoms with Gasteiger partial charge in [0, 0.05) is 12.1 Å². The van der Waals surface area contributed by atoms with Crippen molar-refractivity contribution < 1.29 is 18.3 Å². The largest absolute Gasteiger partial charge is 0.434 e. The molecule has 0 aliphatic carbocycles. The number of para-hydroxylation sites is 1. The molecule has 1 amide bonds. The van der Waals surface area contributed by atoms with E-state index in [-0.39, 0.29) is 29.5 Å². The minimum Gasteiger partial charge on any atom is -0.434 e. The predicted octanol–water partition coefficient (Wildman–Crippen LogP) is 2.32. The molecule has 1 saturated heterocycles. The molecule has 1 heterocycles. The Morgan fingerprint density at radius 1 is 1.38 bits per heavy atom. The molecule has 3 atom stereocenters. The summed E-state index contributed by atoms with van der Waals surface area (Å²) in [6, 6.07) is 6.12. The zero-order chi connectivity index (χ0) is 15.4. The number of halogens is 2. The highest BCUT2D eigenvalue weighted by Gasteiger charge is 2.30. The summed E-state index contributed by atoms with van der Waals surface area (Å²) in [5.74, 6) is 0.213. The van der Waals surface area contributed by atoms with Crippen LogP contribution in [0.15, 0.2) is 24.3 Å². The molecule has 2 rings (SSSR count). The molecule has 1 aromatic rings. The van der Waals surface area contributed by atoms with Gasteiger partial charge in [0.2, 0.25) is 5.91 Å². The Labute approximate surface area is 122 Å². The number of amides is 1. The average molecular weight is 298 g/mol. The Kier molecular flexibility index (Phi) is 5.12. The van der Waals surface area contributed by atoms with Gasteiger partial charge in [-0.25, -0.2) is 0 Å². The Hall–Kier alpha value is -1.69. The van der Waals surface area contributed by atoms with Crippen LogP contribution in [0.3, 0.4) is 0 Å². The van der Waals surface area contributed by atoms with E-state index in [9.17, 15) is 13.6 Å². The van der Waals surface area contributed by atoms with E-state index in [1.807, 2.05) is 6.92 Å². The maximum Gasteiger partial charge on any atom is 0.387 e. The molecule has 3 unspecified atom stereocenters. The molecule has 0 radical (unpaired) electrons. The highest BCUT2D eigenvalue weighted by atomic mass is 19.3. The maximum atomic E-state index is 12.4. The van der Waals surface area contributed by atoms with Gasteiger partial charge in [0.25, 0.3) is 0 Å². The summed E-state index contributed by atoms with van der Waals surface area (Å²) < 4.78 is 29.3. The molecule has 21 heavy (non-hydrogen) atoms. The van der Waals surface area contributed by atoms with Gasteiger partial charge in [-0.1, -0.05) is 25.1 Å². The maximum absolute atomic E-state index is 12.4. The summed E-state index contributed by atoms with van der Waals surface area (Å²) in [6.45, 7) is 2.36. The first-order valence-electron chi connectivity index (χ1n) is 7.04. The summed E-state index contributed by atoms with van der Waals surface area (Å²) >= 11 is 0. The van der Waals surface area contributed by atoms with Crippen LogP contribution in [0, 0.1) is 11.8 Å². The standard InChI is InChI=1S/C15H20F2N2O2/c1-9-7-18-8-12(9)14(20)19-10(2)11-5-3-4-6-13(11)21-15(16)17/h3-6,9-10,12,15,18H,7-8H2,1-2H3,(H,19,20). The van der Waals surface area contributed by atoms with Gasteiger partial charge in [-0.15, -0.1) is 0 Å². The van der Waals surface area contributed by atoms with Crippen molar-refractivity contribution in [1.29, 1.82) is 0 Å². The van der Waals surface area contributed by atoms with E-state index < -0.39 is 6.61 Å². The zero-order valence-electron chi connectivity index (χ0n) is 12.1. The molecule has 6 heteroatoms. The van der Waals surface area contributed by atoms with Crippen LogP contribution >= 0.6 is 0 Å². The molecule has 0 bridgehead atoms. The van der Waals surface area contributed by atoms with Gasteiger partial charge < -0.3 is 15.4 Å². The van der Waals surface area contributed by atoms with Gasteiger partial charge in [-0.05, 0) is 25.5 Å². The fourth-order valence-electron chi connectivity index (χ4n) is 2.60. The first-order chi connectivity index (χ1) is 9.99. The lowest BCUT2D eigenvalue weighted by atomic mass is 9.96. The summed E-state index contributed by atoms with van der Waals surface area (Å²) in [5, 5.41) is 6.05. The lowest BCUT2D eigenvalue weighted by Crippen LogP contribution is -2.36. The number of nitrogens with one attached hydrogen (secondary N) is 2. The van der Waals surface area contributed by atoms with Crippen LogP contribution in [0.4, 0.5) is 8.78 Å². The summed E-state index contributed by atoms with van der Waals surface area (Å²) in [7, 11) is 0. The molecule has 0 saturated carbocycles. The number of carbonyl (C=O) groups is 1. The van der Waals surface area contributed by atoms with Crippen molar-refractivity contribution in [2.75, 3.05) is 13.1 Å². The fourth-order valence-corrected chi connectivity index (χ4v) is 2.60. The predicted molar refractivity (Wildman–Crippen MR) is 75.2 cm³/mol. The molecule has 2 N–H and O–H groups in total. The van der Waals surface area contributed by atoms with Crippen molar-refractivity contribution >= 4 is 5.91 Å². The monoisotopic (exact) mass is 298 g/mol. The summed E-state index contributed by atoms with van der Waals surface area (Å²) in [5.41, 5.74) is 0.546. The van der Waals surface area contributed by atoms with Crippen LogP contribution in [-0.4, -0.2) is 25.6 Å². The van der Waals surface area contributed by atoms with Gasteiger partial charge in [-0.2, -0.15) is 8.78 Å². The van der Waals surface area contributed by atoms with Crippen molar-refractivity contribution in [1.82, 2.24) is 10.6 Å². The van der Waals surface area contributed by atoms with Crippen molar-refractivity contribution in [3.05, 3.63) is 29.8 Å². The molecular formula is C15H20F2N2O2. The summed E-state index contributed by atoms with van der Waals surface area (Å²) in [6.07, 6.45) is 0. The third-order valence-electron chi connectivity index (χ3n) is 3.81. The molecule has 4 nitrogen and oxygen atoms in total. The highest BCUT2D eigenvalue weighted by molar-refractivity contribution is 5.80.